The zero-order valence-electron chi connectivity index (χ0n) is 12.0. The molecule has 0 bridgehead atoms. The molecule has 114 valence electrons. The molecule has 0 fully saturated rings. The average molecular weight is 321 g/mol. The molecule has 0 aromatic heterocycles. The Hall–Kier alpha value is -0.970. The summed E-state index contributed by atoms with van der Waals surface area (Å²) in [5, 5.41) is 6.67. The minimum Gasteiger partial charge on any atom is -0.483 e. The van der Waals surface area contributed by atoms with Gasteiger partial charge in [0.25, 0.3) is 5.91 Å². The topological polar surface area (TPSA) is 50.4 Å². The van der Waals surface area contributed by atoms with Gasteiger partial charge in [0.2, 0.25) is 0 Å². The number of amides is 1. The Labute approximate surface area is 131 Å². The van der Waals surface area contributed by atoms with E-state index in [1.165, 1.54) is 0 Å². The highest BCUT2D eigenvalue weighted by Crippen LogP contribution is 2.24. The summed E-state index contributed by atoms with van der Waals surface area (Å²) in [6, 6.07) is 5.65. The molecule has 6 heteroatoms. The van der Waals surface area contributed by atoms with Gasteiger partial charge < -0.3 is 15.4 Å². The van der Waals surface area contributed by atoms with Crippen LogP contribution >= 0.6 is 24.0 Å². The smallest absolute Gasteiger partial charge is 0.257 e. The fourth-order valence-electron chi connectivity index (χ4n) is 1.63. The summed E-state index contributed by atoms with van der Waals surface area (Å²) in [7, 11) is 0. The van der Waals surface area contributed by atoms with Crippen LogP contribution in [0.5, 0.6) is 5.75 Å². The highest BCUT2D eigenvalue weighted by atomic mass is 35.5. The van der Waals surface area contributed by atoms with E-state index in [2.05, 4.69) is 10.6 Å². The van der Waals surface area contributed by atoms with Crippen molar-refractivity contribution in [2.45, 2.75) is 26.8 Å². The van der Waals surface area contributed by atoms with Crippen LogP contribution < -0.4 is 15.4 Å². The maximum absolute atomic E-state index is 11.6. The molecule has 4 nitrogen and oxygen atoms in total. The Balaban J connectivity index is 0.00000361. The lowest BCUT2D eigenvalue weighted by molar-refractivity contribution is -0.123. The fraction of sp³-hybridized carbons (Fsp3) is 0.500. The molecule has 0 unspecified atom stereocenters. The first kappa shape index (κ1) is 19.0. The Kier molecular flexibility index (Phi) is 9.38. The third-order valence-corrected chi connectivity index (χ3v) is 3.14. The highest BCUT2D eigenvalue weighted by molar-refractivity contribution is 6.31. The van der Waals surface area contributed by atoms with Crippen LogP contribution in [0.1, 0.15) is 19.4 Å². The van der Waals surface area contributed by atoms with E-state index in [1.807, 2.05) is 20.8 Å². The third kappa shape index (κ3) is 6.46. The second kappa shape index (κ2) is 9.86. The van der Waals surface area contributed by atoms with E-state index in [-0.39, 0.29) is 31.0 Å². The van der Waals surface area contributed by atoms with Crippen LogP contribution in [0.3, 0.4) is 0 Å². The van der Waals surface area contributed by atoms with Crippen molar-refractivity contribution >= 4 is 29.9 Å². The van der Waals surface area contributed by atoms with Crippen molar-refractivity contribution < 1.29 is 9.53 Å². The zero-order chi connectivity index (χ0) is 14.3. The summed E-state index contributed by atoms with van der Waals surface area (Å²) in [6.45, 7) is 7.39. The molecule has 0 saturated heterocycles. The predicted octanol–water partition coefficient (Wildman–Crippen LogP) is 2.56. The Morgan fingerprint density at radius 1 is 1.45 bits per heavy atom. The molecule has 1 atom stereocenters. The third-order valence-electron chi connectivity index (χ3n) is 2.73. The lowest BCUT2D eigenvalue weighted by Gasteiger charge is -2.14. The van der Waals surface area contributed by atoms with Gasteiger partial charge in [0.1, 0.15) is 5.75 Å². The highest BCUT2D eigenvalue weighted by Gasteiger charge is 2.07. The van der Waals surface area contributed by atoms with Crippen LogP contribution in [0.2, 0.25) is 5.02 Å². The molecule has 0 saturated carbocycles. The number of rotatable bonds is 7. The fourth-order valence-corrected chi connectivity index (χ4v) is 1.79. The molecule has 1 amide bonds. The van der Waals surface area contributed by atoms with Gasteiger partial charge in [0.15, 0.2) is 6.61 Å². The minimum absolute atomic E-state index is 0. The average Bonchev–Trinajstić information content (AvgIpc) is 2.38. The van der Waals surface area contributed by atoms with Gasteiger partial charge in [-0.3, -0.25) is 4.79 Å². The van der Waals surface area contributed by atoms with Crippen LogP contribution in [0, 0.1) is 6.92 Å². The molecule has 20 heavy (non-hydrogen) atoms. The Morgan fingerprint density at radius 3 is 2.80 bits per heavy atom. The van der Waals surface area contributed by atoms with Crippen LogP contribution in [-0.4, -0.2) is 31.6 Å². The van der Waals surface area contributed by atoms with E-state index in [0.717, 1.165) is 12.1 Å². The predicted molar refractivity (Wildman–Crippen MR) is 85.1 cm³/mol. The van der Waals surface area contributed by atoms with E-state index in [1.54, 1.807) is 18.2 Å². The summed E-state index contributed by atoms with van der Waals surface area (Å²) in [6.07, 6.45) is 0. The molecular weight excluding hydrogens is 299 g/mol. The number of likely N-dealkylation sites (N-methyl/N-ethyl adjacent to an activating group) is 1. The number of hydrogen-bond donors (Lipinski definition) is 2. The first-order chi connectivity index (χ1) is 9.04. The molecule has 0 aliphatic rings. The standard InChI is InChI=1S/C14H21ClN2O2.ClH/c1-4-16-10(2)8-17-14(18)9-19-13-7-5-6-12(15)11(13)3;/h5-7,10,16H,4,8-9H2,1-3H3,(H,17,18);1H/t10-;/m1./s1. The molecule has 1 aromatic rings. The van der Waals surface area contributed by atoms with Gasteiger partial charge in [-0.2, -0.15) is 0 Å². The lowest BCUT2D eigenvalue weighted by atomic mass is 10.2. The molecule has 0 heterocycles. The summed E-state index contributed by atoms with van der Waals surface area (Å²) >= 11 is 5.98. The van der Waals surface area contributed by atoms with Gasteiger partial charge in [-0.15, -0.1) is 12.4 Å². The summed E-state index contributed by atoms with van der Waals surface area (Å²) in [5.41, 5.74) is 0.845. The number of nitrogens with one attached hydrogen (secondary N) is 2. The van der Waals surface area contributed by atoms with E-state index in [0.29, 0.717) is 17.3 Å². The summed E-state index contributed by atoms with van der Waals surface area (Å²) in [5.74, 6) is 0.506. The van der Waals surface area contributed by atoms with Crippen molar-refractivity contribution in [3.63, 3.8) is 0 Å². The lowest BCUT2D eigenvalue weighted by Crippen LogP contribution is -2.40. The minimum atomic E-state index is -0.135. The van der Waals surface area contributed by atoms with Gasteiger partial charge in [-0.1, -0.05) is 24.6 Å². The number of carbonyl (C=O) groups excluding carboxylic acids is 1. The van der Waals surface area contributed by atoms with E-state index >= 15 is 0 Å². The number of benzene rings is 1. The van der Waals surface area contributed by atoms with Crippen molar-refractivity contribution in [1.29, 1.82) is 0 Å². The van der Waals surface area contributed by atoms with Gasteiger partial charge in [0, 0.05) is 23.2 Å². The Morgan fingerprint density at radius 2 is 2.15 bits per heavy atom. The molecule has 1 aromatic carbocycles. The van der Waals surface area contributed by atoms with Gasteiger partial charge in [-0.05, 0) is 32.5 Å². The molecule has 2 N–H and O–H groups in total. The maximum Gasteiger partial charge on any atom is 0.257 e. The Bertz CT molecular complexity index is 428. The first-order valence-electron chi connectivity index (χ1n) is 6.42. The summed E-state index contributed by atoms with van der Waals surface area (Å²) in [4.78, 5) is 11.6. The van der Waals surface area contributed by atoms with Crippen LogP contribution in [0.4, 0.5) is 0 Å². The van der Waals surface area contributed by atoms with E-state index in [9.17, 15) is 4.79 Å². The summed E-state index contributed by atoms with van der Waals surface area (Å²) < 4.78 is 5.45. The number of carbonyl (C=O) groups is 1. The molecule has 0 aliphatic carbocycles. The van der Waals surface area contributed by atoms with Crippen molar-refractivity contribution in [3.8, 4) is 5.75 Å². The normalized spacial score (nSPS) is 11.4. The number of halogens is 2. The second-order valence-corrected chi connectivity index (χ2v) is 4.82. The van der Waals surface area contributed by atoms with E-state index in [4.69, 9.17) is 16.3 Å². The number of ether oxygens (including phenoxy) is 1. The van der Waals surface area contributed by atoms with Crippen LogP contribution in [0.15, 0.2) is 18.2 Å². The molecule has 1 rings (SSSR count). The van der Waals surface area contributed by atoms with Crippen molar-refractivity contribution in [1.82, 2.24) is 10.6 Å². The van der Waals surface area contributed by atoms with Gasteiger partial charge >= 0.3 is 0 Å². The van der Waals surface area contributed by atoms with Gasteiger partial charge in [-0.25, -0.2) is 0 Å². The van der Waals surface area contributed by atoms with Gasteiger partial charge in [0.05, 0.1) is 0 Å². The van der Waals surface area contributed by atoms with Crippen LogP contribution in [-0.2, 0) is 4.79 Å². The van der Waals surface area contributed by atoms with Crippen molar-refractivity contribution in [3.05, 3.63) is 28.8 Å². The first-order valence-corrected chi connectivity index (χ1v) is 6.80. The maximum atomic E-state index is 11.6. The molecular formula is C14H22Cl2N2O2. The molecule has 0 spiro atoms. The molecule has 0 radical (unpaired) electrons. The van der Waals surface area contributed by atoms with Crippen LogP contribution in [0.25, 0.3) is 0 Å². The second-order valence-electron chi connectivity index (χ2n) is 4.41. The molecule has 0 aliphatic heterocycles. The van der Waals surface area contributed by atoms with Crippen molar-refractivity contribution in [2.24, 2.45) is 0 Å². The largest absolute Gasteiger partial charge is 0.483 e. The van der Waals surface area contributed by atoms with E-state index < -0.39 is 0 Å². The monoisotopic (exact) mass is 320 g/mol. The SMILES string of the molecule is CCN[C@H](C)CNC(=O)COc1cccc(Cl)c1C.Cl. The number of hydrogen-bond acceptors (Lipinski definition) is 3. The van der Waals surface area contributed by atoms with Crippen molar-refractivity contribution in [2.75, 3.05) is 19.7 Å². The zero-order valence-corrected chi connectivity index (χ0v) is 13.6. The quantitative estimate of drug-likeness (QED) is 0.811.